The van der Waals surface area contributed by atoms with E-state index in [0.29, 0.717) is 8.59 Å². The van der Waals surface area contributed by atoms with Gasteiger partial charge in [0.2, 0.25) is 0 Å². The van der Waals surface area contributed by atoms with Gasteiger partial charge in [-0.25, -0.2) is 4.39 Å². The fraction of sp³-hybridized carbons (Fsp3) is 0. The summed E-state index contributed by atoms with van der Waals surface area (Å²) in [6.07, 6.45) is 0. The van der Waals surface area contributed by atoms with Crippen LogP contribution in [0.5, 0.6) is 11.5 Å². The second kappa shape index (κ2) is 7.02. The van der Waals surface area contributed by atoms with Gasteiger partial charge in [-0.2, -0.15) is 0 Å². The van der Waals surface area contributed by atoms with E-state index in [2.05, 4.69) is 0 Å². The lowest BCUT2D eigenvalue weighted by atomic mass is 10.1. The van der Waals surface area contributed by atoms with Gasteiger partial charge in [0.15, 0.2) is 5.75 Å². The maximum atomic E-state index is 14.7. The zero-order chi connectivity index (χ0) is 20.0. The molecule has 28 heavy (non-hydrogen) atoms. The number of nitro groups is 1. The Morgan fingerprint density at radius 2 is 1.79 bits per heavy atom. The highest BCUT2D eigenvalue weighted by Crippen LogP contribution is 2.45. The van der Waals surface area contributed by atoms with Crippen LogP contribution in [0.15, 0.2) is 54.6 Å². The third-order valence-corrected chi connectivity index (χ3v) is 5.05. The van der Waals surface area contributed by atoms with Gasteiger partial charge in [-0.15, -0.1) is 0 Å². The Hall–Kier alpha value is -2.72. The van der Waals surface area contributed by atoms with Crippen molar-refractivity contribution in [3.05, 3.63) is 84.7 Å². The van der Waals surface area contributed by atoms with Crippen molar-refractivity contribution in [2.45, 2.75) is 0 Å². The molecule has 0 saturated carbocycles. The molecule has 0 bridgehead atoms. The number of nitro benzene ring substituents is 1. The van der Waals surface area contributed by atoms with Crippen molar-refractivity contribution in [3.8, 4) is 11.5 Å². The number of rotatable bonds is 2. The van der Waals surface area contributed by atoms with Gasteiger partial charge in [0.25, 0.3) is 11.6 Å². The number of non-ortho nitro benzene ring substituents is 1. The summed E-state index contributed by atoms with van der Waals surface area (Å²) in [5.41, 5.74) is 0.0796. The molecule has 9 heteroatoms. The zero-order valence-electron chi connectivity index (χ0n) is 13.9. The maximum absolute atomic E-state index is 14.7. The summed E-state index contributed by atoms with van der Waals surface area (Å²) < 4.78 is 21.2. The average molecular weight is 511 g/mol. The van der Waals surface area contributed by atoms with E-state index < -0.39 is 16.6 Å². The maximum Gasteiger partial charge on any atom is 0.273 e. The lowest BCUT2D eigenvalue weighted by molar-refractivity contribution is -0.384. The fourth-order valence-corrected chi connectivity index (χ4v) is 3.52. The smallest absolute Gasteiger partial charge is 0.273 e. The van der Waals surface area contributed by atoms with Crippen molar-refractivity contribution in [1.82, 2.24) is 0 Å². The zero-order valence-corrected chi connectivity index (χ0v) is 16.8. The number of hydrogen-bond donors (Lipinski definition) is 0. The van der Waals surface area contributed by atoms with Crippen molar-refractivity contribution in [2.24, 2.45) is 0 Å². The molecule has 0 aliphatic carbocycles. The van der Waals surface area contributed by atoms with E-state index in [-0.39, 0.29) is 34.1 Å². The number of carbonyl (C=O) groups is 1. The summed E-state index contributed by atoms with van der Waals surface area (Å²) in [7, 11) is 0. The monoisotopic (exact) mass is 510 g/mol. The molecule has 6 nitrogen and oxygen atoms in total. The minimum Gasteiger partial charge on any atom is -0.454 e. The summed E-state index contributed by atoms with van der Waals surface area (Å²) >= 11 is 7.99. The Kier molecular flexibility index (Phi) is 4.68. The van der Waals surface area contributed by atoms with Crippen LogP contribution in [0.25, 0.3) is 0 Å². The van der Waals surface area contributed by atoms with E-state index in [1.165, 1.54) is 48.5 Å². The van der Waals surface area contributed by atoms with E-state index >= 15 is 0 Å². The molecular formula is C19H9ClFIN2O4. The molecule has 0 radical (unpaired) electrons. The summed E-state index contributed by atoms with van der Waals surface area (Å²) in [4.78, 5) is 25.0. The molecule has 0 spiro atoms. The van der Waals surface area contributed by atoms with Gasteiger partial charge in [-0.05, 0) is 65.1 Å². The molecule has 0 N–H and O–H groups in total. The van der Waals surface area contributed by atoms with Crippen LogP contribution in [0.3, 0.4) is 0 Å². The van der Waals surface area contributed by atoms with Crippen molar-refractivity contribution < 1.29 is 18.8 Å². The molecule has 4 rings (SSSR count). The van der Waals surface area contributed by atoms with Crippen molar-refractivity contribution in [1.29, 1.82) is 0 Å². The number of halogens is 3. The minimum absolute atomic E-state index is 0.00283. The standard InChI is InChI=1S/C19H9ClFIN2O4/c20-10-1-6-17-13(7-10)19(25)23(15-4-2-11(22)8-14(15)21)16-5-3-12(24(26)27)9-18(16)28-17/h1-9H. The fourth-order valence-electron chi connectivity index (χ4n) is 2.89. The average Bonchev–Trinajstić information content (AvgIpc) is 2.76. The third-order valence-electron chi connectivity index (χ3n) is 4.14. The molecule has 1 aliphatic heterocycles. The van der Waals surface area contributed by atoms with Crippen LogP contribution in [0.4, 0.5) is 21.5 Å². The van der Waals surface area contributed by atoms with Crippen LogP contribution in [0, 0.1) is 19.5 Å². The molecule has 1 amide bonds. The van der Waals surface area contributed by atoms with Crippen LogP contribution in [0.2, 0.25) is 5.02 Å². The number of amides is 1. The normalized spacial score (nSPS) is 12.7. The molecule has 3 aromatic rings. The van der Waals surface area contributed by atoms with E-state index in [0.717, 1.165) is 4.90 Å². The third kappa shape index (κ3) is 3.18. The Bertz CT molecular complexity index is 1150. The first-order valence-corrected chi connectivity index (χ1v) is 9.36. The van der Waals surface area contributed by atoms with Crippen LogP contribution >= 0.6 is 34.2 Å². The van der Waals surface area contributed by atoms with Crippen LogP contribution in [-0.2, 0) is 0 Å². The first-order valence-electron chi connectivity index (χ1n) is 7.90. The molecule has 0 unspecified atom stereocenters. The van der Waals surface area contributed by atoms with Gasteiger partial charge in [0.05, 0.1) is 27.9 Å². The second-order valence-corrected chi connectivity index (χ2v) is 7.57. The minimum atomic E-state index is -0.616. The van der Waals surface area contributed by atoms with Gasteiger partial charge in [0.1, 0.15) is 11.6 Å². The Labute approximate surface area is 176 Å². The number of carbonyl (C=O) groups excluding carboxylic acids is 1. The van der Waals surface area contributed by atoms with Gasteiger partial charge in [-0.1, -0.05) is 11.6 Å². The summed E-state index contributed by atoms with van der Waals surface area (Å²) in [6, 6.07) is 12.6. The highest BCUT2D eigenvalue weighted by Gasteiger charge is 2.32. The van der Waals surface area contributed by atoms with E-state index in [1.54, 1.807) is 6.07 Å². The Morgan fingerprint density at radius 1 is 1.04 bits per heavy atom. The predicted molar refractivity (Wildman–Crippen MR) is 110 cm³/mol. The molecule has 3 aromatic carbocycles. The highest BCUT2D eigenvalue weighted by atomic mass is 127. The number of ether oxygens (including phenoxy) is 1. The summed E-state index contributed by atoms with van der Waals surface area (Å²) in [5.74, 6) is -0.952. The van der Waals surface area contributed by atoms with Crippen LogP contribution in [0.1, 0.15) is 10.4 Å². The van der Waals surface area contributed by atoms with Gasteiger partial charge < -0.3 is 4.74 Å². The molecule has 0 saturated heterocycles. The first-order chi connectivity index (χ1) is 13.3. The predicted octanol–water partition coefficient (Wildman–Crippen LogP) is 6.08. The molecule has 1 heterocycles. The molecular weight excluding hydrogens is 502 g/mol. The Balaban J connectivity index is 2.00. The van der Waals surface area contributed by atoms with Gasteiger partial charge >= 0.3 is 0 Å². The summed E-state index contributed by atoms with van der Waals surface area (Å²) in [5, 5.41) is 11.5. The number of benzene rings is 3. The SMILES string of the molecule is O=C1c2cc(Cl)ccc2Oc2cc([N+](=O)[O-])ccc2N1c1ccc(I)cc1F. The molecule has 0 fully saturated rings. The lowest BCUT2D eigenvalue weighted by Crippen LogP contribution is -2.26. The quantitative estimate of drug-likeness (QED) is 0.238. The topological polar surface area (TPSA) is 72.7 Å². The lowest BCUT2D eigenvalue weighted by Gasteiger charge is -2.22. The number of fused-ring (bicyclic) bond motifs is 2. The van der Waals surface area contributed by atoms with E-state index in [4.69, 9.17) is 16.3 Å². The molecule has 140 valence electrons. The van der Waals surface area contributed by atoms with Crippen molar-refractivity contribution in [2.75, 3.05) is 4.90 Å². The molecule has 1 aliphatic rings. The van der Waals surface area contributed by atoms with Crippen molar-refractivity contribution in [3.63, 3.8) is 0 Å². The van der Waals surface area contributed by atoms with Crippen LogP contribution < -0.4 is 9.64 Å². The largest absolute Gasteiger partial charge is 0.454 e. The summed E-state index contributed by atoms with van der Waals surface area (Å²) in [6.45, 7) is 0. The van der Waals surface area contributed by atoms with E-state index in [9.17, 15) is 19.3 Å². The second-order valence-electron chi connectivity index (χ2n) is 5.89. The van der Waals surface area contributed by atoms with Gasteiger partial charge in [0, 0.05) is 14.7 Å². The van der Waals surface area contributed by atoms with Gasteiger partial charge in [-0.3, -0.25) is 19.8 Å². The highest BCUT2D eigenvalue weighted by molar-refractivity contribution is 14.1. The molecule has 0 aromatic heterocycles. The number of nitrogens with zero attached hydrogens (tertiary/aromatic N) is 2. The van der Waals surface area contributed by atoms with E-state index in [1.807, 2.05) is 22.6 Å². The number of hydrogen-bond acceptors (Lipinski definition) is 4. The number of anilines is 2. The van der Waals surface area contributed by atoms with Crippen molar-refractivity contribution >= 4 is 57.2 Å². The van der Waals surface area contributed by atoms with Crippen LogP contribution in [-0.4, -0.2) is 10.8 Å². The molecule has 0 atom stereocenters. The Morgan fingerprint density at radius 3 is 2.50 bits per heavy atom. The first kappa shape index (κ1) is 18.6.